The molecule has 4 nitrogen and oxygen atoms in total. The van der Waals surface area contributed by atoms with Crippen molar-refractivity contribution in [2.45, 2.75) is 26.8 Å². The Kier molecular flexibility index (Phi) is 4.57. The van der Waals surface area contributed by atoms with Crippen LogP contribution in [0.3, 0.4) is 0 Å². The van der Waals surface area contributed by atoms with Gasteiger partial charge >= 0.3 is 0 Å². The number of carbonyl (C=O) groups excluding carboxylic acids is 2. The van der Waals surface area contributed by atoms with E-state index in [9.17, 15) is 14.0 Å². The average Bonchev–Trinajstić information content (AvgIpc) is 2.60. The molecule has 25 heavy (non-hydrogen) atoms. The number of rotatable bonds is 2. The molecular weight excluding hydrogens is 319 g/mol. The van der Waals surface area contributed by atoms with Crippen LogP contribution in [0.4, 0.5) is 10.1 Å². The van der Waals surface area contributed by atoms with Crippen molar-refractivity contribution in [3.8, 4) is 0 Å². The molecule has 1 aliphatic heterocycles. The van der Waals surface area contributed by atoms with Crippen LogP contribution in [0.1, 0.15) is 28.4 Å². The van der Waals surface area contributed by atoms with Crippen molar-refractivity contribution in [2.75, 3.05) is 18.0 Å². The first-order chi connectivity index (χ1) is 11.9. The number of amides is 2. The highest BCUT2D eigenvalue weighted by molar-refractivity contribution is 6.03. The van der Waals surface area contributed by atoms with E-state index in [-0.39, 0.29) is 17.6 Å². The van der Waals surface area contributed by atoms with Gasteiger partial charge in [-0.25, -0.2) is 4.39 Å². The van der Waals surface area contributed by atoms with Crippen LogP contribution in [0.5, 0.6) is 0 Å². The third-order valence-electron chi connectivity index (χ3n) is 4.76. The molecule has 0 bridgehead atoms. The van der Waals surface area contributed by atoms with Crippen LogP contribution in [-0.4, -0.2) is 35.8 Å². The lowest BCUT2D eigenvalue weighted by atomic mass is 10.0. The summed E-state index contributed by atoms with van der Waals surface area (Å²) < 4.78 is 13.8. The molecule has 2 aromatic rings. The van der Waals surface area contributed by atoms with Gasteiger partial charge in [-0.3, -0.25) is 9.59 Å². The first kappa shape index (κ1) is 17.1. The van der Waals surface area contributed by atoms with Gasteiger partial charge in [0.05, 0.1) is 0 Å². The van der Waals surface area contributed by atoms with Crippen molar-refractivity contribution in [1.29, 1.82) is 0 Å². The Bertz CT molecular complexity index is 834. The number of hydrogen-bond acceptors (Lipinski definition) is 2. The lowest BCUT2D eigenvalue weighted by Crippen LogP contribution is -2.57. The quantitative estimate of drug-likeness (QED) is 0.841. The van der Waals surface area contributed by atoms with Crippen LogP contribution in [0.25, 0.3) is 0 Å². The Hall–Kier alpha value is -2.69. The molecule has 0 unspecified atom stereocenters. The number of aryl methyl sites for hydroxylation is 2. The minimum atomic E-state index is -0.592. The Morgan fingerprint density at radius 3 is 2.48 bits per heavy atom. The van der Waals surface area contributed by atoms with Gasteiger partial charge in [-0.1, -0.05) is 24.3 Å². The number of piperazine rings is 1. The highest BCUT2D eigenvalue weighted by Crippen LogP contribution is 2.24. The van der Waals surface area contributed by atoms with Crippen molar-refractivity contribution in [2.24, 2.45) is 0 Å². The van der Waals surface area contributed by atoms with Gasteiger partial charge in [-0.05, 0) is 50.1 Å². The zero-order valence-corrected chi connectivity index (χ0v) is 14.6. The normalized spacial score (nSPS) is 17.8. The number of halogens is 1. The van der Waals surface area contributed by atoms with Crippen LogP contribution in [0.2, 0.25) is 0 Å². The molecule has 1 heterocycles. The summed E-state index contributed by atoms with van der Waals surface area (Å²) in [6.07, 6.45) is 0. The van der Waals surface area contributed by atoms with E-state index in [1.54, 1.807) is 41.8 Å². The Morgan fingerprint density at radius 2 is 1.80 bits per heavy atom. The van der Waals surface area contributed by atoms with Crippen molar-refractivity contribution in [3.63, 3.8) is 0 Å². The van der Waals surface area contributed by atoms with E-state index in [0.717, 1.165) is 5.56 Å². The maximum absolute atomic E-state index is 13.8. The standard InChI is InChI=1S/C20H21FN2O2/c1-13-6-4-5-7-17(13)20(25)22-10-11-23(19(24)15(22)3)16-9-8-14(2)18(21)12-16/h4-9,12,15H,10-11H2,1-3H3/t15-/m0/s1. The van der Waals surface area contributed by atoms with Crippen LogP contribution in [0.15, 0.2) is 42.5 Å². The first-order valence-corrected chi connectivity index (χ1v) is 8.34. The van der Waals surface area contributed by atoms with Crippen molar-refractivity contribution < 1.29 is 14.0 Å². The third-order valence-corrected chi connectivity index (χ3v) is 4.76. The van der Waals surface area contributed by atoms with Gasteiger partial charge in [0.25, 0.3) is 5.91 Å². The number of carbonyl (C=O) groups is 2. The van der Waals surface area contributed by atoms with E-state index >= 15 is 0 Å². The summed E-state index contributed by atoms with van der Waals surface area (Å²) in [5.74, 6) is -0.679. The fourth-order valence-corrected chi connectivity index (χ4v) is 3.12. The highest BCUT2D eigenvalue weighted by Gasteiger charge is 2.35. The smallest absolute Gasteiger partial charge is 0.254 e. The van der Waals surface area contributed by atoms with E-state index in [2.05, 4.69) is 0 Å². The fourth-order valence-electron chi connectivity index (χ4n) is 3.12. The molecule has 0 radical (unpaired) electrons. The topological polar surface area (TPSA) is 40.6 Å². The summed E-state index contributed by atoms with van der Waals surface area (Å²) >= 11 is 0. The summed E-state index contributed by atoms with van der Waals surface area (Å²) in [6.45, 7) is 6.04. The molecule has 0 aliphatic carbocycles. The monoisotopic (exact) mass is 340 g/mol. The van der Waals surface area contributed by atoms with Crippen LogP contribution < -0.4 is 4.90 Å². The lowest BCUT2D eigenvalue weighted by molar-refractivity contribution is -0.124. The van der Waals surface area contributed by atoms with E-state index in [1.165, 1.54) is 6.07 Å². The molecule has 1 atom stereocenters. The van der Waals surface area contributed by atoms with E-state index in [1.807, 2.05) is 25.1 Å². The second kappa shape index (κ2) is 6.67. The second-order valence-corrected chi connectivity index (χ2v) is 6.41. The number of benzene rings is 2. The van der Waals surface area contributed by atoms with Gasteiger partial charge < -0.3 is 9.80 Å². The van der Waals surface area contributed by atoms with Crippen LogP contribution in [-0.2, 0) is 4.79 Å². The maximum atomic E-state index is 13.8. The van der Waals surface area contributed by atoms with Crippen LogP contribution in [0, 0.1) is 19.7 Å². The Labute approximate surface area is 146 Å². The van der Waals surface area contributed by atoms with Gasteiger partial charge in [0.15, 0.2) is 0 Å². The number of nitrogens with zero attached hydrogens (tertiary/aromatic N) is 2. The molecule has 0 saturated carbocycles. The summed E-state index contributed by atoms with van der Waals surface area (Å²) in [5, 5.41) is 0. The molecule has 0 spiro atoms. The van der Waals surface area contributed by atoms with Gasteiger partial charge in [0.2, 0.25) is 5.91 Å². The van der Waals surface area contributed by atoms with Crippen molar-refractivity contribution in [1.82, 2.24) is 4.90 Å². The SMILES string of the molecule is Cc1ccc(N2CCN(C(=O)c3ccccc3C)[C@@H](C)C2=O)cc1F. The summed E-state index contributed by atoms with van der Waals surface area (Å²) in [5.41, 5.74) is 2.56. The molecule has 130 valence electrons. The lowest BCUT2D eigenvalue weighted by Gasteiger charge is -2.39. The molecule has 5 heteroatoms. The molecule has 3 rings (SSSR count). The van der Waals surface area contributed by atoms with Crippen LogP contribution >= 0.6 is 0 Å². The van der Waals surface area contributed by atoms with Gasteiger partial charge in [-0.2, -0.15) is 0 Å². The van der Waals surface area contributed by atoms with E-state index in [0.29, 0.717) is 29.9 Å². The Balaban J connectivity index is 1.83. The summed E-state index contributed by atoms with van der Waals surface area (Å²) in [7, 11) is 0. The van der Waals surface area contributed by atoms with E-state index < -0.39 is 6.04 Å². The zero-order valence-electron chi connectivity index (χ0n) is 14.6. The summed E-state index contributed by atoms with van der Waals surface area (Å²) in [6, 6.07) is 11.5. The Morgan fingerprint density at radius 1 is 1.08 bits per heavy atom. The largest absolute Gasteiger partial charge is 0.325 e. The average molecular weight is 340 g/mol. The molecule has 2 amide bonds. The number of anilines is 1. The molecule has 0 aromatic heterocycles. The van der Waals surface area contributed by atoms with Crippen molar-refractivity contribution in [3.05, 3.63) is 65.0 Å². The minimum absolute atomic E-state index is 0.145. The first-order valence-electron chi connectivity index (χ1n) is 8.34. The fraction of sp³-hybridized carbons (Fsp3) is 0.300. The van der Waals surface area contributed by atoms with E-state index in [4.69, 9.17) is 0 Å². The van der Waals surface area contributed by atoms with Gasteiger partial charge in [0, 0.05) is 24.3 Å². The third kappa shape index (κ3) is 3.14. The van der Waals surface area contributed by atoms with Gasteiger partial charge in [-0.15, -0.1) is 0 Å². The predicted octanol–water partition coefficient (Wildman–Crippen LogP) is 3.32. The zero-order chi connectivity index (χ0) is 18.1. The number of hydrogen-bond donors (Lipinski definition) is 0. The molecule has 1 saturated heterocycles. The predicted molar refractivity (Wildman–Crippen MR) is 95.2 cm³/mol. The molecular formula is C20H21FN2O2. The van der Waals surface area contributed by atoms with Crippen molar-refractivity contribution >= 4 is 17.5 Å². The summed E-state index contributed by atoms with van der Waals surface area (Å²) in [4.78, 5) is 28.7. The second-order valence-electron chi connectivity index (χ2n) is 6.41. The minimum Gasteiger partial charge on any atom is -0.325 e. The highest BCUT2D eigenvalue weighted by atomic mass is 19.1. The molecule has 2 aromatic carbocycles. The molecule has 1 aliphatic rings. The van der Waals surface area contributed by atoms with Gasteiger partial charge in [0.1, 0.15) is 11.9 Å². The maximum Gasteiger partial charge on any atom is 0.254 e. The molecule has 1 fully saturated rings. The molecule has 0 N–H and O–H groups in total.